The summed E-state index contributed by atoms with van der Waals surface area (Å²) in [5, 5.41) is 0. The Morgan fingerprint density at radius 1 is 1.25 bits per heavy atom. The van der Waals surface area contributed by atoms with Crippen molar-refractivity contribution in [3.05, 3.63) is 48.3 Å². The summed E-state index contributed by atoms with van der Waals surface area (Å²) in [7, 11) is 1.65. The highest BCUT2D eigenvalue weighted by molar-refractivity contribution is 7.98. The number of anilines is 1. The van der Waals surface area contributed by atoms with Gasteiger partial charge in [0.2, 0.25) is 0 Å². The molecule has 0 saturated heterocycles. The highest BCUT2D eigenvalue weighted by atomic mass is 32.2. The van der Waals surface area contributed by atoms with Crippen LogP contribution in [-0.2, 0) is 5.75 Å². The third-order valence-electron chi connectivity index (χ3n) is 2.99. The first kappa shape index (κ1) is 12.9. The molecule has 0 aliphatic rings. The number of para-hydroxylation sites is 2. The first-order valence-electron chi connectivity index (χ1n) is 6.26. The van der Waals surface area contributed by atoms with Crippen LogP contribution in [0.2, 0.25) is 0 Å². The van der Waals surface area contributed by atoms with Crippen LogP contribution < -0.4 is 10.5 Å². The zero-order valence-corrected chi connectivity index (χ0v) is 11.9. The molecule has 3 aromatic rings. The molecule has 0 atom stereocenters. The first-order chi connectivity index (χ1) is 9.76. The highest BCUT2D eigenvalue weighted by Gasteiger charge is 2.07. The second kappa shape index (κ2) is 5.46. The molecular weight excluding hydrogens is 270 g/mol. The van der Waals surface area contributed by atoms with Crippen molar-refractivity contribution in [2.45, 2.75) is 10.6 Å². The number of hydrogen-bond acceptors (Lipinski definition) is 4. The first-order valence-corrected chi connectivity index (χ1v) is 7.25. The predicted octanol–water partition coefficient (Wildman–Crippen LogP) is 3.45. The van der Waals surface area contributed by atoms with E-state index in [0.717, 1.165) is 33.3 Å². The second-order valence-electron chi connectivity index (χ2n) is 4.40. The van der Waals surface area contributed by atoms with Gasteiger partial charge in [-0.05, 0) is 24.3 Å². The minimum Gasteiger partial charge on any atom is -0.496 e. The number of rotatable bonds is 4. The fraction of sp³-hybridized carbons (Fsp3) is 0.133. The Balaban J connectivity index is 1.79. The maximum atomic E-state index is 5.75. The molecule has 3 N–H and O–H groups in total. The molecule has 3 rings (SSSR count). The molecule has 1 aromatic heterocycles. The molecule has 1 heterocycles. The number of nitrogens with one attached hydrogen (secondary N) is 1. The van der Waals surface area contributed by atoms with Crippen molar-refractivity contribution < 1.29 is 4.74 Å². The monoisotopic (exact) mass is 285 g/mol. The van der Waals surface area contributed by atoms with Crippen LogP contribution in [-0.4, -0.2) is 17.1 Å². The van der Waals surface area contributed by atoms with Crippen LogP contribution in [0.5, 0.6) is 5.75 Å². The number of nitrogen functional groups attached to an aromatic ring is 1. The maximum Gasteiger partial charge on any atom is 0.134 e. The number of methoxy groups -OCH3 is 1. The Kier molecular flexibility index (Phi) is 3.52. The number of fused-ring (bicyclic) bond motifs is 1. The van der Waals surface area contributed by atoms with Gasteiger partial charge in [-0.2, -0.15) is 0 Å². The Morgan fingerprint density at radius 3 is 2.90 bits per heavy atom. The predicted molar refractivity (Wildman–Crippen MR) is 83.1 cm³/mol. The molecule has 0 spiro atoms. The van der Waals surface area contributed by atoms with Gasteiger partial charge in [-0.25, -0.2) is 4.98 Å². The van der Waals surface area contributed by atoms with Crippen LogP contribution in [0.4, 0.5) is 5.69 Å². The number of imidazole rings is 1. The summed E-state index contributed by atoms with van der Waals surface area (Å²) in [6, 6.07) is 13.7. The van der Waals surface area contributed by atoms with Gasteiger partial charge in [-0.15, -0.1) is 11.8 Å². The Morgan fingerprint density at radius 2 is 2.10 bits per heavy atom. The average Bonchev–Trinajstić information content (AvgIpc) is 2.88. The van der Waals surface area contributed by atoms with Gasteiger partial charge < -0.3 is 15.5 Å². The van der Waals surface area contributed by atoms with E-state index in [1.54, 1.807) is 18.9 Å². The van der Waals surface area contributed by atoms with E-state index in [1.807, 2.05) is 42.5 Å². The largest absolute Gasteiger partial charge is 0.496 e. The molecule has 102 valence electrons. The molecule has 2 aromatic carbocycles. The summed E-state index contributed by atoms with van der Waals surface area (Å²) in [6.07, 6.45) is 0. The van der Waals surface area contributed by atoms with Crippen LogP contribution in [0.3, 0.4) is 0 Å². The van der Waals surface area contributed by atoms with Gasteiger partial charge >= 0.3 is 0 Å². The lowest BCUT2D eigenvalue weighted by Crippen LogP contribution is -1.91. The molecule has 0 fully saturated rings. The summed E-state index contributed by atoms with van der Waals surface area (Å²) in [4.78, 5) is 8.93. The van der Waals surface area contributed by atoms with Crippen molar-refractivity contribution in [1.29, 1.82) is 0 Å². The van der Waals surface area contributed by atoms with Gasteiger partial charge in [-0.1, -0.05) is 12.1 Å². The SMILES string of the molecule is COc1cc(N)ccc1SCc1nc2ccccc2[nH]1. The van der Waals surface area contributed by atoms with Crippen LogP contribution in [0.25, 0.3) is 11.0 Å². The second-order valence-corrected chi connectivity index (χ2v) is 5.42. The van der Waals surface area contributed by atoms with Gasteiger partial charge in [0.05, 0.1) is 23.9 Å². The van der Waals surface area contributed by atoms with Crippen LogP contribution in [0.1, 0.15) is 5.82 Å². The standard InChI is InChI=1S/C15H15N3OS/c1-19-13-8-10(16)6-7-14(13)20-9-15-17-11-4-2-3-5-12(11)18-15/h2-8H,9,16H2,1H3,(H,17,18). The molecule has 0 bridgehead atoms. The smallest absolute Gasteiger partial charge is 0.134 e. The number of benzene rings is 2. The zero-order valence-electron chi connectivity index (χ0n) is 11.1. The molecule has 20 heavy (non-hydrogen) atoms. The van der Waals surface area contributed by atoms with Crippen molar-refractivity contribution in [1.82, 2.24) is 9.97 Å². The fourth-order valence-corrected chi connectivity index (χ4v) is 2.90. The van der Waals surface area contributed by atoms with Crippen LogP contribution >= 0.6 is 11.8 Å². The molecular formula is C15H15N3OS. The normalized spacial score (nSPS) is 10.8. The summed E-state index contributed by atoms with van der Waals surface area (Å²) >= 11 is 1.67. The maximum absolute atomic E-state index is 5.75. The lowest BCUT2D eigenvalue weighted by Gasteiger charge is -2.07. The van der Waals surface area contributed by atoms with Gasteiger partial charge in [-0.3, -0.25) is 0 Å². The van der Waals surface area contributed by atoms with Crippen molar-refractivity contribution in [3.63, 3.8) is 0 Å². The Bertz CT molecular complexity index is 706. The number of H-pyrrole nitrogens is 1. The van der Waals surface area contributed by atoms with Crippen molar-refractivity contribution in [3.8, 4) is 5.75 Å². The van der Waals surface area contributed by atoms with Crippen LogP contribution in [0.15, 0.2) is 47.4 Å². The quantitative estimate of drug-likeness (QED) is 0.569. The number of ether oxygens (including phenoxy) is 1. The molecule has 5 heteroatoms. The summed E-state index contributed by atoms with van der Waals surface area (Å²) < 4.78 is 5.34. The summed E-state index contributed by atoms with van der Waals surface area (Å²) in [6.45, 7) is 0. The number of aromatic amines is 1. The summed E-state index contributed by atoms with van der Waals surface area (Å²) in [5.74, 6) is 2.51. The van der Waals surface area contributed by atoms with Gasteiger partial charge in [0, 0.05) is 16.6 Å². The molecule has 0 amide bonds. The third-order valence-corrected chi connectivity index (χ3v) is 4.06. The van der Waals surface area contributed by atoms with E-state index in [2.05, 4.69) is 9.97 Å². The number of aromatic nitrogens is 2. The molecule has 4 nitrogen and oxygen atoms in total. The minimum atomic E-state index is 0.704. The zero-order chi connectivity index (χ0) is 13.9. The lowest BCUT2D eigenvalue weighted by atomic mass is 10.3. The van der Waals surface area contributed by atoms with E-state index in [1.165, 1.54) is 0 Å². The van der Waals surface area contributed by atoms with E-state index in [0.29, 0.717) is 5.69 Å². The van der Waals surface area contributed by atoms with Gasteiger partial charge in [0.25, 0.3) is 0 Å². The van der Waals surface area contributed by atoms with Crippen molar-refractivity contribution >= 4 is 28.5 Å². The van der Waals surface area contributed by atoms with Gasteiger partial charge in [0.1, 0.15) is 11.6 Å². The van der Waals surface area contributed by atoms with Crippen molar-refractivity contribution in [2.75, 3.05) is 12.8 Å². The van der Waals surface area contributed by atoms with Crippen molar-refractivity contribution in [2.24, 2.45) is 0 Å². The highest BCUT2D eigenvalue weighted by Crippen LogP contribution is 2.32. The third kappa shape index (κ3) is 2.58. The van der Waals surface area contributed by atoms with E-state index in [-0.39, 0.29) is 0 Å². The van der Waals surface area contributed by atoms with E-state index >= 15 is 0 Å². The van der Waals surface area contributed by atoms with E-state index in [4.69, 9.17) is 10.5 Å². The van der Waals surface area contributed by atoms with Crippen LogP contribution in [0, 0.1) is 0 Å². The molecule has 0 saturated carbocycles. The molecule has 0 aliphatic carbocycles. The average molecular weight is 285 g/mol. The van der Waals surface area contributed by atoms with Gasteiger partial charge in [0.15, 0.2) is 0 Å². The molecule has 0 aliphatic heterocycles. The number of nitrogens with two attached hydrogens (primary N) is 1. The molecule has 0 radical (unpaired) electrons. The minimum absolute atomic E-state index is 0.704. The topological polar surface area (TPSA) is 63.9 Å². The van der Waals surface area contributed by atoms with E-state index in [9.17, 15) is 0 Å². The number of hydrogen-bond donors (Lipinski definition) is 2. The number of nitrogens with zero attached hydrogens (tertiary/aromatic N) is 1. The lowest BCUT2D eigenvalue weighted by molar-refractivity contribution is 0.405. The summed E-state index contributed by atoms with van der Waals surface area (Å²) in [5.41, 5.74) is 8.51. The Hall–Kier alpha value is -2.14. The number of thioether (sulfide) groups is 1. The molecule has 0 unspecified atom stereocenters. The fourth-order valence-electron chi connectivity index (χ4n) is 2.02. The Labute approximate surface area is 121 Å². The van der Waals surface area contributed by atoms with E-state index < -0.39 is 0 Å².